The van der Waals surface area contributed by atoms with Crippen molar-refractivity contribution in [3.63, 3.8) is 0 Å². The second-order valence-corrected chi connectivity index (χ2v) is 5.45. The third-order valence-corrected chi connectivity index (χ3v) is 3.69. The van der Waals surface area contributed by atoms with Crippen molar-refractivity contribution < 1.29 is 4.39 Å². The number of benzene rings is 2. The lowest BCUT2D eigenvalue weighted by atomic mass is 10.1. The summed E-state index contributed by atoms with van der Waals surface area (Å²) in [6.07, 6.45) is 0. The minimum atomic E-state index is -0.324. The highest BCUT2D eigenvalue weighted by Gasteiger charge is 2.14. The molecule has 0 unspecified atom stereocenters. The summed E-state index contributed by atoms with van der Waals surface area (Å²) < 4.78 is 15.5. The first-order valence-corrected chi connectivity index (χ1v) is 6.96. The zero-order chi connectivity index (χ0) is 15.0. The molecule has 3 rings (SSSR count). The van der Waals surface area contributed by atoms with Crippen LogP contribution in [0.5, 0.6) is 0 Å². The Morgan fingerprint density at radius 2 is 2.05 bits per heavy atom. The van der Waals surface area contributed by atoms with Crippen LogP contribution in [0.2, 0.25) is 0 Å². The molecule has 106 valence electrons. The number of anilines is 1. The van der Waals surface area contributed by atoms with Crippen molar-refractivity contribution in [3.05, 3.63) is 52.3 Å². The van der Waals surface area contributed by atoms with Gasteiger partial charge in [0.25, 0.3) is 0 Å². The van der Waals surface area contributed by atoms with Gasteiger partial charge in [-0.15, -0.1) is 5.10 Å². The molecule has 0 aliphatic rings. The van der Waals surface area contributed by atoms with Crippen molar-refractivity contribution >= 4 is 21.6 Å². The van der Waals surface area contributed by atoms with E-state index in [2.05, 4.69) is 31.5 Å². The average Bonchev–Trinajstić information content (AvgIpc) is 2.92. The second-order valence-electron chi connectivity index (χ2n) is 4.59. The molecule has 7 heteroatoms. The van der Waals surface area contributed by atoms with E-state index in [1.807, 2.05) is 12.1 Å². The maximum Gasteiger partial charge on any atom is 0.187 e. The lowest BCUT2D eigenvalue weighted by Crippen LogP contribution is -2.03. The Kier molecular flexibility index (Phi) is 3.42. The summed E-state index contributed by atoms with van der Waals surface area (Å²) in [4.78, 5) is 0. The number of hydrogen-bond donors (Lipinski definition) is 1. The molecule has 0 saturated heterocycles. The highest BCUT2D eigenvalue weighted by molar-refractivity contribution is 9.10. The minimum Gasteiger partial charge on any atom is -0.399 e. The fraction of sp³-hybridized carbons (Fsp3) is 0.0714. The van der Waals surface area contributed by atoms with Crippen LogP contribution >= 0.6 is 15.9 Å². The Bertz CT molecular complexity index is 815. The van der Waals surface area contributed by atoms with E-state index in [0.717, 1.165) is 11.1 Å². The van der Waals surface area contributed by atoms with E-state index in [1.54, 1.807) is 29.8 Å². The number of nitrogens with zero attached hydrogens (tertiary/aromatic N) is 4. The van der Waals surface area contributed by atoms with E-state index in [9.17, 15) is 4.39 Å². The van der Waals surface area contributed by atoms with Crippen LogP contribution in [0.3, 0.4) is 0 Å². The number of aryl methyl sites for hydroxylation is 1. The second kappa shape index (κ2) is 5.25. The predicted molar refractivity (Wildman–Crippen MR) is 81.4 cm³/mol. The quantitative estimate of drug-likeness (QED) is 0.723. The lowest BCUT2D eigenvalue weighted by molar-refractivity contribution is 0.618. The van der Waals surface area contributed by atoms with E-state index >= 15 is 0 Å². The first kappa shape index (κ1) is 13.7. The number of tetrazole rings is 1. The van der Waals surface area contributed by atoms with Gasteiger partial charge in [-0.05, 0) is 63.1 Å². The summed E-state index contributed by atoms with van der Waals surface area (Å²) in [6, 6.07) is 10.4. The van der Waals surface area contributed by atoms with Gasteiger partial charge >= 0.3 is 0 Å². The van der Waals surface area contributed by atoms with E-state index in [-0.39, 0.29) is 5.82 Å². The van der Waals surface area contributed by atoms with Gasteiger partial charge in [0.05, 0.1) is 10.2 Å². The molecule has 0 amide bonds. The fourth-order valence-electron chi connectivity index (χ4n) is 2.07. The summed E-state index contributed by atoms with van der Waals surface area (Å²) in [5.41, 5.74) is 8.64. The number of hydrogen-bond acceptors (Lipinski definition) is 4. The molecule has 0 fully saturated rings. The number of nitrogen functional groups attached to an aromatic ring is 1. The van der Waals surface area contributed by atoms with Gasteiger partial charge in [0.15, 0.2) is 5.82 Å². The van der Waals surface area contributed by atoms with Gasteiger partial charge in [-0.2, -0.15) is 4.68 Å². The van der Waals surface area contributed by atoms with Crippen LogP contribution in [0, 0.1) is 12.7 Å². The van der Waals surface area contributed by atoms with E-state index in [0.29, 0.717) is 21.7 Å². The van der Waals surface area contributed by atoms with E-state index in [1.165, 1.54) is 6.07 Å². The molecule has 3 aromatic rings. The van der Waals surface area contributed by atoms with Gasteiger partial charge in [0, 0.05) is 11.3 Å². The zero-order valence-electron chi connectivity index (χ0n) is 11.1. The predicted octanol–water partition coefficient (Wildman–Crippen LogP) is 3.12. The first-order chi connectivity index (χ1) is 10.1. The average molecular weight is 348 g/mol. The van der Waals surface area contributed by atoms with Crippen molar-refractivity contribution in [2.75, 3.05) is 5.73 Å². The van der Waals surface area contributed by atoms with Gasteiger partial charge in [-0.3, -0.25) is 0 Å². The Balaban J connectivity index is 2.18. The molecule has 0 aliphatic heterocycles. The van der Waals surface area contributed by atoms with Crippen molar-refractivity contribution in [1.82, 2.24) is 20.2 Å². The van der Waals surface area contributed by atoms with Gasteiger partial charge < -0.3 is 5.73 Å². The molecule has 2 aromatic carbocycles. The maximum atomic E-state index is 13.6. The van der Waals surface area contributed by atoms with Crippen LogP contribution in [0.15, 0.2) is 40.9 Å². The molecule has 0 spiro atoms. The van der Waals surface area contributed by atoms with Crippen LogP contribution in [0.4, 0.5) is 10.1 Å². The monoisotopic (exact) mass is 347 g/mol. The number of aromatic nitrogens is 4. The highest BCUT2D eigenvalue weighted by Crippen LogP contribution is 2.26. The minimum absolute atomic E-state index is 0.324. The summed E-state index contributed by atoms with van der Waals surface area (Å²) >= 11 is 3.18. The standard InChI is InChI=1S/C14H11BrFN5/c1-8-5-12(16)11(15)7-13(8)21-14(18-19-20-21)9-3-2-4-10(17)6-9/h2-7H,17H2,1H3. The molecule has 2 N–H and O–H groups in total. The molecule has 1 aromatic heterocycles. The van der Waals surface area contributed by atoms with Gasteiger partial charge in [0.2, 0.25) is 0 Å². The Labute approximate surface area is 128 Å². The molecule has 0 atom stereocenters. The Morgan fingerprint density at radius 1 is 1.24 bits per heavy atom. The molecular weight excluding hydrogens is 337 g/mol. The fourth-order valence-corrected chi connectivity index (χ4v) is 2.40. The van der Waals surface area contributed by atoms with Gasteiger partial charge in [-0.25, -0.2) is 4.39 Å². The van der Waals surface area contributed by atoms with Crippen molar-refractivity contribution in [2.24, 2.45) is 0 Å². The number of rotatable bonds is 2. The molecule has 0 aliphatic carbocycles. The maximum absolute atomic E-state index is 13.6. The van der Waals surface area contributed by atoms with Crippen LogP contribution < -0.4 is 5.73 Å². The van der Waals surface area contributed by atoms with Crippen LogP contribution in [-0.2, 0) is 0 Å². The van der Waals surface area contributed by atoms with Crippen LogP contribution in [0.25, 0.3) is 17.1 Å². The third kappa shape index (κ3) is 2.52. The van der Waals surface area contributed by atoms with Crippen molar-refractivity contribution in [1.29, 1.82) is 0 Å². The summed E-state index contributed by atoms with van der Waals surface area (Å²) in [6.45, 7) is 1.80. The molecule has 0 radical (unpaired) electrons. The normalized spacial score (nSPS) is 10.8. The third-order valence-electron chi connectivity index (χ3n) is 3.08. The smallest absolute Gasteiger partial charge is 0.187 e. The zero-order valence-corrected chi connectivity index (χ0v) is 12.7. The van der Waals surface area contributed by atoms with Crippen molar-refractivity contribution in [3.8, 4) is 17.1 Å². The topological polar surface area (TPSA) is 69.6 Å². The Morgan fingerprint density at radius 3 is 2.81 bits per heavy atom. The van der Waals surface area contributed by atoms with Gasteiger partial charge in [0.1, 0.15) is 5.82 Å². The summed E-state index contributed by atoms with van der Waals surface area (Å²) in [5.74, 6) is 0.221. The number of halogens is 2. The molecule has 21 heavy (non-hydrogen) atoms. The molecular formula is C14H11BrFN5. The molecule has 1 heterocycles. The van der Waals surface area contributed by atoms with Crippen LogP contribution in [-0.4, -0.2) is 20.2 Å². The van der Waals surface area contributed by atoms with Gasteiger partial charge in [-0.1, -0.05) is 12.1 Å². The molecule has 0 saturated carbocycles. The lowest BCUT2D eigenvalue weighted by Gasteiger charge is -2.09. The van der Waals surface area contributed by atoms with Crippen molar-refractivity contribution in [2.45, 2.75) is 6.92 Å². The summed E-state index contributed by atoms with van der Waals surface area (Å²) in [7, 11) is 0. The largest absolute Gasteiger partial charge is 0.399 e. The van der Waals surface area contributed by atoms with E-state index in [4.69, 9.17) is 5.73 Å². The Hall–Kier alpha value is -2.28. The summed E-state index contributed by atoms with van der Waals surface area (Å²) in [5, 5.41) is 11.7. The molecule has 5 nitrogen and oxygen atoms in total. The van der Waals surface area contributed by atoms with E-state index < -0.39 is 0 Å². The molecule has 0 bridgehead atoms. The SMILES string of the molecule is Cc1cc(F)c(Br)cc1-n1nnnc1-c1cccc(N)c1. The first-order valence-electron chi connectivity index (χ1n) is 6.16. The highest BCUT2D eigenvalue weighted by atomic mass is 79.9. The van der Waals surface area contributed by atoms with Crippen LogP contribution in [0.1, 0.15) is 5.56 Å². The number of nitrogens with two attached hydrogens (primary N) is 1.